The van der Waals surface area contributed by atoms with E-state index in [1.807, 2.05) is 13.0 Å². The van der Waals surface area contributed by atoms with Crippen molar-refractivity contribution in [3.05, 3.63) is 59.7 Å². The zero-order valence-corrected chi connectivity index (χ0v) is 15.8. The lowest BCUT2D eigenvalue weighted by molar-refractivity contribution is -0.140. The summed E-state index contributed by atoms with van der Waals surface area (Å²) < 4.78 is 21.5. The van der Waals surface area contributed by atoms with Crippen molar-refractivity contribution in [2.45, 2.75) is 20.0 Å². The van der Waals surface area contributed by atoms with E-state index in [4.69, 9.17) is 18.9 Å². The molecule has 3 rings (SSSR count). The molecule has 2 aromatic carbocycles. The highest BCUT2D eigenvalue weighted by atomic mass is 16.6. The van der Waals surface area contributed by atoms with Crippen LogP contribution in [0.5, 0.6) is 17.2 Å². The zero-order chi connectivity index (χ0) is 19.9. The third kappa shape index (κ3) is 4.91. The Kier molecular flexibility index (Phi) is 6.32. The van der Waals surface area contributed by atoms with E-state index in [1.54, 1.807) is 49.4 Å². The van der Waals surface area contributed by atoms with Crippen LogP contribution in [0.1, 0.15) is 29.8 Å². The van der Waals surface area contributed by atoms with Crippen molar-refractivity contribution < 1.29 is 28.5 Å². The number of esters is 1. The highest BCUT2D eigenvalue weighted by molar-refractivity contribution is 6.01. The smallest absolute Gasteiger partial charge is 0.331 e. The largest absolute Gasteiger partial charge is 0.494 e. The van der Waals surface area contributed by atoms with Gasteiger partial charge in [0.1, 0.15) is 19.0 Å². The maximum atomic E-state index is 12.4. The molecule has 0 saturated heterocycles. The van der Waals surface area contributed by atoms with Gasteiger partial charge in [0, 0.05) is 11.6 Å². The number of carbonyl (C=O) groups excluding carboxylic acids is 2. The number of carbonyl (C=O) groups is 2. The van der Waals surface area contributed by atoms with E-state index in [2.05, 4.69) is 0 Å². The highest BCUT2D eigenvalue weighted by Gasteiger charge is 2.18. The third-order valence-corrected chi connectivity index (χ3v) is 4.09. The van der Waals surface area contributed by atoms with Crippen LogP contribution in [0.2, 0.25) is 0 Å². The van der Waals surface area contributed by atoms with E-state index < -0.39 is 12.1 Å². The summed E-state index contributed by atoms with van der Waals surface area (Å²) in [5.41, 5.74) is 1.23. The Hall–Kier alpha value is -3.28. The van der Waals surface area contributed by atoms with Crippen LogP contribution in [0.15, 0.2) is 48.5 Å². The first-order valence-corrected chi connectivity index (χ1v) is 9.12. The van der Waals surface area contributed by atoms with Gasteiger partial charge in [0.15, 0.2) is 17.6 Å². The van der Waals surface area contributed by atoms with E-state index in [1.165, 1.54) is 6.08 Å². The second-order valence-corrected chi connectivity index (χ2v) is 6.14. The molecule has 0 unspecified atom stereocenters. The van der Waals surface area contributed by atoms with Gasteiger partial charge in [-0.15, -0.1) is 0 Å². The van der Waals surface area contributed by atoms with Crippen LogP contribution in [0.3, 0.4) is 0 Å². The second kappa shape index (κ2) is 9.08. The summed E-state index contributed by atoms with van der Waals surface area (Å²) in [5, 5.41) is 0. The number of hydrogen-bond donors (Lipinski definition) is 0. The lowest BCUT2D eigenvalue weighted by Gasteiger charge is -2.18. The summed E-state index contributed by atoms with van der Waals surface area (Å²) in [4.78, 5) is 24.5. The average molecular weight is 382 g/mol. The van der Waals surface area contributed by atoms with Gasteiger partial charge in [0.05, 0.1) is 6.61 Å². The fourth-order valence-electron chi connectivity index (χ4n) is 2.71. The van der Waals surface area contributed by atoms with E-state index >= 15 is 0 Å². The first-order chi connectivity index (χ1) is 13.6. The van der Waals surface area contributed by atoms with Crippen molar-refractivity contribution in [1.29, 1.82) is 0 Å². The SMILES string of the molecule is CCOc1ccc(C(=O)[C@H](C)OC(=O)/C=C/c2ccc3c(c2)OCCO3)cc1. The minimum absolute atomic E-state index is 0.274. The molecule has 0 N–H and O–H groups in total. The fourth-order valence-corrected chi connectivity index (χ4v) is 2.71. The molecule has 0 aliphatic carbocycles. The molecule has 146 valence electrons. The first-order valence-electron chi connectivity index (χ1n) is 9.12. The number of hydrogen-bond acceptors (Lipinski definition) is 6. The molecular formula is C22H22O6. The Morgan fingerprint density at radius 1 is 1.07 bits per heavy atom. The van der Waals surface area contributed by atoms with Gasteiger partial charge in [-0.3, -0.25) is 4.79 Å². The zero-order valence-electron chi connectivity index (χ0n) is 15.8. The van der Waals surface area contributed by atoms with Crippen LogP contribution < -0.4 is 14.2 Å². The molecule has 1 aliphatic heterocycles. The molecule has 0 saturated carbocycles. The number of fused-ring (bicyclic) bond motifs is 1. The predicted molar refractivity (Wildman–Crippen MR) is 104 cm³/mol. The average Bonchev–Trinajstić information content (AvgIpc) is 2.72. The number of benzene rings is 2. The molecular weight excluding hydrogens is 360 g/mol. The molecule has 0 aromatic heterocycles. The number of ketones is 1. The van der Waals surface area contributed by atoms with Crippen molar-refractivity contribution in [3.63, 3.8) is 0 Å². The van der Waals surface area contributed by atoms with E-state index in [9.17, 15) is 9.59 Å². The van der Waals surface area contributed by atoms with Crippen LogP contribution >= 0.6 is 0 Å². The van der Waals surface area contributed by atoms with Crippen LogP contribution in [0.4, 0.5) is 0 Å². The van der Waals surface area contributed by atoms with Gasteiger partial charge in [0.2, 0.25) is 5.78 Å². The van der Waals surface area contributed by atoms with Gasteiger partial charge in [-0.2, -0.15) is 0 Å². The number of rotatable bonds is 7. The Morgan fingerprint density at radius 3 is 2.50 bits per heavy atom. The van der Waals surface area contributed by atoms with Crippen LogP contribution in [0, 0.1) is 0 Å². The highest BCUT2D eigenvalue weighted by Crippen LogP contribution is 2.31. The predicted octanol–water partition coefficient (Wildman–Crippen LogP) is 3.68. The Balaban J connectivity index is 1.57. The minimum atomic E-state index is -0.893. The van der Waals surface area contributed by atoms with Gasteiger partial charge in [-0.05, 0) is 61.9 Å². The summed E-state index contributed by atoms with van der Waals surface area (Å²) in [7, 11) is 0. The van der Waals surface area contributed by atoms with Crippen molar-refractivity contribution in [2.75, 3.05) is 19.8 Å². The molecule has 0 amide bonds. The van der Waals surface area contributed by atoms with Crippen molar-refractivity contribution in [2.24, 2.45) is 0 Å². The first kappa shape index (κ1) is 19.5. The van der Waals surface area contributed by atoms with E-state index in [0.717, 1.165) is 5.56 Å². The van der Waals surface area contributed by atoms with Crippen LogP contribution in [-0.4, -0.2) is 37.7 Å². The van der Waals surface area contributed by atoms with Crippen LogP contribution in [0.25, 0.3) is 6.08 Å². The molecule has 1 atom stereocenters. The lowest BCUT2D eigenvalue weighted by Crippen LogP contribution is -2.23. The van der Waals surface area contributed by atoms with Gasteiger partial charge < -0.3 is 18.9 Å². The van der Waals surface area contributed by atoms with Crippen molar-refractivity contribution in [3.8, 4) is 17.2 Å². The summed E-state index contributed by atoms with van der Waals surface area (Å²) in [6.45, 7) is 5.01. The Morgan fingerprint density at radius 2 is 1.79 bits per heavy atom. The Bertz CT molecular complexity index is 869. The molecule has 1 heterocycles. The molecule has 1 aliphatic rings. The molecule has 28 heavy (non-hydrogen) atoms. The summed E-state index contributed by atoms with van der Waals surface area (Å²) in [6, 6.07) is 12.1. The van der Waals surface area contributed by atoms with Crippen LogP contribution in [-0.2, 0) is 9.53 Å². The van der Waals surface area contributed by atoms with Gasteiger partial charge >= 0.3 is 5.97 Å². The molecule has 0 fully saturated rings. The topological polar surface area (TPSA) is 71.1 Å². The van der Waals surface area contributed by atoms with E-state index in [-0.39, 0.29) is 5.78 Å². The summed E-state index contributed by atoms with van der Waals surface area (Å²) in [5.74, 6) is 1.14. The second-order valence-electron chi connectivity index (χ2n) is 6.14. The monoisotopic (exact) mass is 382 g/mol. The maximum absolute atomic E-state index is 12.4. The van der Waals surface area contributed by atoms with Gasteiger partial charge in [0.25, 0.3) is 0 Å². The van der Waals surface area contributed by atoms with E-state index in [0.29, 0.717) is 42.6 Å². The summed E-state index contributed by atoms with van der Waals surface area (Å²) >= 11 is 0. The standard InChI is InChI=1S/C22H22O6/c1-3-25-18-8-6-17(7-9-18)22(24)15(2)28-21(23)11-5-16-4-10-19-20(14-16)27-13-12-26-19/h4-11,14-15H,3,12-13H2,1-2H3/b11-5+/t15-/m0/s1. The maximum Gasteiger partial charge on any atom is 0.331 e. The van der Waals surface area contributed by atoms with Crippen molar-refractivity contribution >= 4 is 17.8 Å². The molecule has 6 nitrogen and oxygen atoms in total. The van der Waals surface area contributed by atoms with Gasteiger partial charge in [-0.25, -0.2) is 4.79 Å². The minimum Gasteiger partial charge on any atom is -0.494 e. The molecule has 0 radical (unpaired) electrons. The fraction of sp³-hybridized carbons (Fsp3) is 0.273. The quantitative estimate of drug-likeness (QED) is 0.413. The Labute approximate surface area is 163 Å². The molecule has 0 spiro atoms. The third-order valence-electron chi connectivity index (χ3n) is 4.09. The number of ether oxygens (including phenoxy) is 4. The molecule has 6 heteroatoms. The number of Topliss-reactive ketones (excluding diaryl/α,β-unsaturated/α-hetero) is 1. The lowest BCUT2D eigenvalue weighted by atomic mass is 10.1. The normalized spacial score (nSPS) is 13.8. The molecule has 0 bridgehead atoms. The molecule has 2 aromatic rings. The van der Waals surface area contributed by atoms with Crippen molar-refractivity contribution in [1.82, 2.24) is 0 Å². The summed E-state index contributed by atoms with van der Waals surface area (Å²) in [6.07, 6.45) is 2.00. The van der Waals surface area contributed by atoms with Gasteiger partial charge in [-0.1, -0.05) is 6.07 Å².